The molecule has 0 saturated carbocycles. The van der Waals surface area contributed by atoms with Crippen molar-refractivity contribution in [3.63, 3.8) is 0 Å². The summed E-state index contributed by atoms with van der Waals surface area (Å²) in [5.41, 5.74) is 6.90. The van der Waals surface area contributed by atoms with Crippen molar-refractivity contribution in [2.24, 2.45) is 21.8 Å². The fraction of sp³-hybridized carbons (Fsp3) is 0.463. The van der Waals surface area contributed by atoms with Crippen molar-refractivity contribution in [1.82, 2.24) is 0 Å². The second-order valence-electron chi connectivity index (χ2n) is 13.8. The maximum absolute atomic E-state index is 11.1. The Hall–Kier alpha value is -4.15. The number of carboxylic acid groups (broad SMARTS) is 2. The first kappa shape index (κ1) is 46.8. The molecule has 2 N–H and O–H groups in total. The number of rotatable bonds is 13. The van der Waals surface area contributed by atoms with Crippen molar-refractivity contribution in [3.05, 3.63) is 75.8 Å². The summed E-state index contributed by atoms with van der Waals surface area (Å²) >= 11 is 0. The van der Waals surface area contributed by atoms with Gasteiger partial charge < -0.3 is 34.8 Å². The van der Waals surface area contributed by atoms with Crippen molar-refractivity contribution >= 4 is 35.7 Å². The molecule has 51 heavy (non-hydrogen) atoms. The summed E-state index contributed by atoms with van der Waals surface area (Å²) in [5.74, 6) is 0.612. The van der Waals surface area contributed by atoms with Crippen molar-refractivity contribution < 1.29 is 51.5 Å². The monoisotopic (exact) mass is 747 g/mol. The van der Waals surface area contributed by atoms with Crippen LogP contribution < -0.4 is 14.9 Å². The molecule has 3 rings (SSSR count). The van der Waals surface area contributed by atoms with Gasteiger partial charge in [-0.3, -0.25) is 9.98 Å². The molecule has 0 spiro atoms. The van der Waals surface area contributed by atoms with Gasteiger partial charge in [-0.1, -0.05) is 67.5 Å². The van der Waals surface area contributed by atoms with E-state index in [4.69, 9.17) is 34.5 Å². The zero-order chi connectivity index (χ0) is 38.1. The number of aromatic hydroxyl groups is 2. The van der Waals surface area contributed by atoms with E-state index >= 15 is 0 Å². The summed E-state index contributed by atoms with van der Waals surface area (Å²) in [6, 6.07) is 13.9. The summed E-state index contributed by atoms with van der Waals surface area (Å²) in [5, 5.41) is 39.9. The largest absolute Gasteiger partial charge is 2.00 e. The molecular formula is C41H56CoN2O7. The quantitative estimate of drug-likeness (QED) is 0.171. The first-order valence-electron chi connectivity index (χ1n) is 17.2. The van der Waals surface area contributed by atoms with Gasteiger partial charge in [0.15, 0.2) is 0 Å². The third-order valence-electron chi connectivity index (χ3n) is 7.59. The molecule has 0 atom stereocenters. The van der Waals surface area contributed by atoms with Gasteiger partial charge in [-0.2, -0.15) is 0 Å². The van der Waals surface area contributed by atoms with E-state index < -0.39 is 11.9 Å². The van der Waals surface area contributed by atoms with Gasteiger partial charge in [0.1, 0.15) is 17.2 Å². The average molecular weight is 748 g/mol. The zero-order valence-electron chi connectivity index (χ0n) is 32.0. The van der Waals surface area contributed by atoms with Crippen LogP contribution in [0.4, 0.5) is 11.4 Å². The number of aryl methyl sites for hydroxylation is 2. The Balaban J connectivity index is 0.00000251. The molecule has 0 amide bonds. The van der Waals surface area contributed by atoms with E-state index in [1.54, 1.807) is 19.5 Å². The molecule has 0 heterocycles. The molecule has 0 bridgehead atoms. The fourth-order valence-corrected chi connectivity index (χ4v) is 4.89. The van der Waals surface area contributed by atoms with Crippen molar-refractivity contribution in [3.8, 4) is 17.2 Å². The van der Waals surface area contributed by atoms with Gasteiger partial charge >= 0.3 is 16.8 Å². The molecular weight excluding hydrogens is 691 g/mol. The van der Waals surface area contributed by atoms with Crippen LogP contribution in [0.25, 0.3) is 0 Å². The molecule has 0 fully saturated rings. The Morgan fingerprint density at radius 3 is 1.39 bits per heavy atom. The third kappa shape index (κ3) is 17.6. The van der Waals surface area contributed by atoms with Crippen LogP contribution in [0.15, 0.2) is 52.4 Å². The summed E-state index contributed by atoms with van der Waals surface area (Å²) in [6.45, 7) is 19.2. The minimum atomic E-state index is -1.08. The van der Waals surface area contributed by atoms with Crippen LogP contribution in [0.3, 0.4) is 0 Å². The molecule has 0 aliphatic carbocycles. The predicted octanol–water partition coefficient (Wildman–Crippen LogP) is 7.54. The molecule has 0 aromatic heterocycles. The maximum Gasteiger partial charge on any atom is 2.00 e. The normalized spacial score (nSPS) is 11.0. The van der Waals surface area contributed by atoms with Crippen LogP contribution in [-0.2, 0) is 39.2 Å². The molecule has 281 valence electrons. The Morgan fingerprint density at radius 2 is 1.06 bits per heavy atom. The number of aliphatic carboxylic acids is 2. The topological polar surface area (TPSA) is 155 Å². The molecule has 0 saturated heterocycles. The van der Waals surface area contributed by atoms with E-state index in [1.807, 2.05) is 30.3 Å². The maximum atomic E-state index is 11.1. The first-order chi connectivity index (χ1) is 23.4. The Kier molecular flexibility index (Phi) is 21.4. The van der Waals surface area contributed by atoms with Crippen molar-refractivity contribution in [1.29, 1.82) is 0 Å². The molecule has 0 aliphatic heterocycles. The number of carbonyl (C=O) groups is 2. The second kappa shape index (κ2) is 23.3. The van der Waals surface area contributed by atoms with Gasteiger partial charge in [-0.25, -0.2) is 0 Å². The van der Waals surface area contributed by atoms with Gasteiger partial charge in [-0.15, -0.1) is 0 Å². The second-order valence-corrected chi connectivity index (χ2v) is 13.8. The number of hydrogen-bond acceptors (Lipinski definition) is 9. The number of phenolic OH excluding ortho intramolecular Hbond substituents is 2. The Morgan fingerprint density at radius 1 is 0.686 bits per heavy atom. The number of phenols is 2. The van der Waals surface area contributed by atoms with Gasteiger partial charge in [0.25, 0.3) is 0 Å². The number of carbonyl (C=O) groups excluding carboxylic acids is 2. The number of hydrogen-bond donors (Lipinski definition) is 2. The van der Waals surface area contributed by atoms with Crippen LogP contribution in [0.1, 0.15) is 127 Å². The number of nitrogens with zero attached hydrogens (tertiary/aromatic N) is 2. The predicted molar refractivity (Wildman–Crippen MR) is 200 cm³/mol. The van der Waals surface area contributed by atoms with Crippen LogP contribution in [0.5, 0.6) is 17.2 Å². The number of benzene rings is 3. The molecule has 10 heteroatoms. The standard InChI is InChI=1S/C37H50N2O3.2C2H4O2.Co/c1-23(2)10-12-27-16-29(36(40)32(18-27)25(5)6)21-38-34-15-14-31(42-9)20-35(34)39-22-30-17-28(13-11-24(3)4)19-33(26(7)8)37(30)41;2*1-2(3)4;/h14-26,40-41H,10-13H2,1-9H3;2*1H3,(H,3,4);/q;;;+2/p-2. The van der Waals surface area contributed by atoms with Crippen LogP contribution in [-0.4, -0.2) is 41.7 Å². The van der Waals surface area contributed by atoms with E-state index in [-0.39, 0.29) is 40.1 Å². The summed E-state index contributed by atoms with van der Waals surface area (Å²) < 4.78 is 5.48. The summed E-state index contributed by atoms with van der Waals surface area (Å²) in [4.78, 5) is 27.3. The smallest absolute Gasteiger partial charge is 0.550 e. The molecule has 9 nitrogen and oxygen atoms in total. The third-order valence-corrected chi connectivity index (χ3v) is 7.59. The minimum Gasteiger partial charge on any atom is -0.550 e. The first-order valence-corrected chi connectivity index (χ1v) is 17.2. The van der Waals surface area contributed by atoms with Gasteiger partial charge in [0.05, 0.1) is 18.5 Å². The fourth-order valence-electron chi connectivity index (χ4n) is 4.89. The number of carboxylic acids is 2. The average Bonchev–Trinajstić information content (AvgIpc) is 3.01. The van der Waals surface area contributed by atoms with Gasteiger partial charge in [0, 0.05) is 41.6 Å². The molecule has 3 aromatic carbocycles. The van der Waals surface area contributed by atoms with Crippen LogP contribution in [0.2, 0.25) is 0 Å². The minimum absolute atomic E-state index is 0. The van der Waals surface area contributed by atoms with Gasteiger partial charge in [-0.05, 0) is 110 Å². The molecule has 0 aliphatic rings. The summed E-state index contributed by atoms with van der Waals surface area (Å²) in [6.07, 6.45) is 7.51. The molecule has 3 aromatic rings. The van der Waals surface area contributed by atoms with Crippen molar-refractivity contribution in [2.75, 3.05) is 7.11 Å². The number of methoxy groups -OCH3 is 1. The van der Waals surface area contributed by atoms with Crippen molar-refractivity contribution in [2.45, 2.75) is 107 Å². The Labute approximate surface area is 315 Å². The SMILES string of the molecule is CC(=O)[O-].CC(=O)[O-].COc1ccc(N=Cc2cc(CCC(C)C)cc(C(C)C)c2O)c(N=Cc2cc(CCC(C)C)cc(C(C)C)c2O)c1.[Co+2]. The van der Waals surface area contributed by atoms with E-state index in [9.17, 15) is 10.2 Å². The molecule has 0 unspecified atom stereocenters. The number of aliphatic imine (C=N–C) groups is 2. The molecule has 1 radical (unpaired) electrons. The van der Waals surface area contributed by atoms with Crippen LogP contribution >= 0.6 is 0 Å². The zero-order valence-corrected chi connectivity index (χ0v) is 33.0. The van der Waals surface area contributed by atoms with E-state index in [2.05, 4.69) is 67.5 Å². The van der Waals surface area contributed by atoms with Crippen LogP contribution in [0, 0.1) is 11.8 Å². The van der Waals surface area contributed by atoms with E-state index in [0.717, 1.165) is 50.7 Å². The number of ether oxygens (including phenoxy) is 1. The van der Waals surface area contributed by atoms with Gasteiger partial charge in [0.2, 0.25) is 0 Å². The van der Waals surface area contributed by atoms with E-state index in [0.29, 0.717) is 40.1 Å². The summed E-state index contributed by atoms with van der Waals surface area (Å²) in [7, 11) is 1.62. The van der Waals surface area contributed by atoms with E-state index in [1.165, 1.54) is 11.1 Å². The Bertz CT molecular complexity index is 1590.